The lowest BCUT2D eigenvalue weighted by Crippen LogP contribution is -2.26. The smallest absolute Gasteiger partial charge is 0.240 e. The number of ether oxygens (including phenoxy) is 1. The molecule has 0 bridgehead atoms. The average Bonchev–Trinajstić information content (AvgIpc) is 2.48. The zero-order valence-electron chi connectivity index (χ0n) is 12.3. The van der Waals surface area contributed by atoms with Crippen LogP contribution in [0.1, 0.15) is 38.5 Å². The van der Waals surface area contributed by atoms with Gasteiger partial charge in [0.25, 0.3) is 0 Å². The zero-order chi connectivity index (χ0) is 15.3. The van der Waals surface area contributed by atoms with E-state index in [1.807, 2.05) is 0 Å². The Morgan fingerprint density at radius 3 is 2.62 bits per heavy atom. The molecular formula is C15H22BrNO3S. The van der Waals surface area contributed by atoms with Crippen LogP contribution in [-0.2, 0) is 10.0 Å². The molecule has 1 fully saturated rings. The molecule has 0 spiro atoms. The summed E-state index contributed by atoms with van der Waals surface area (Å²) in [5, 5.41) is 0. The fourth-order valence-corrected chi connectivity index (χ4v) is 4.54. The molecule has 2 rings (SSSR count). The first-order valence-corrected chi connectivity index (χ1v) is 9.64. The van der Waals surface area contributed by atoms with E-state index in [0.717, 1.165) is 6.42 Å². The van der Waals surface area contributed by atoms with Gasteiger partial charge in [0.05, 0.1) is 16.5 Å². The van der Waals surface area contributed by atoms with Crippen molar-refractivity contribution in [3.8, 4) is 5.75 Å². The van der Waals surface area contributed by atoms with E-state index in [4.69, 9.17) is 4.74 Å². The van der Waals surface area contributed by atoms with E-state index in [-0.39, 0.29) is 4.90 Å². The minimum absolute atomic E-state index is 0.263. The molecule has 0 unspecified atom stereocenters. The van der Waals surface area contributed by atoms with Crippen molar-refractivity contribution in [2.24, 2.45) is 5.92 Å². The van der Waals surface area contributed by atoms with Crippen molar-refractivity contribution in [2.75, 3.05) is 13.7 Å². The Kier molecular flexibility index (Phi) is 6.08. The molecule has 1 aromatic carbocycles. The van der Waals surface area contributed by atoms with Crippen LogP contribution in [0.5, 0.6) is 5.75 Å². The molecule has 1 saturated carbocycles. The van der Waals surface area contributed by atoms with Gasteiger partial charge >= 0.3 is 0 Å². The van der Waals surface area contributed by atoms with Gasteiger partial charge < -0.3 is 4.74 Å². The lowest BCUT2D eigenvalue weighted by Gasteiger charge is -2.21. The van der Waals surface area contributed by atoms with Gasteiger partial charge in [-0.2, -0.15) is 0 Å². The molecule has 0 heterocycles. The number of hydrogen-bond acceptors (Lipinski definition) is 3. The van der Waals surface area contributed by atoms with Gasteiger partial charge in [0.15, 0.2) is 0 Å². The molecule has 1 N–H and O–H groups in total. The molecule has 0 aromatic heterocycles. The molecular weight excluding hydrogens is 354 g/mol. The van der Waals surface area contributed by atoms with E-state index in [1.54, 1.807) is 25.3 Å². The standard InChI is InChI=1S/C15H22BrNO3S/c1-20-15-8-7-13(11-14(15)16)21(18,19)17-10-9-12-5-3-2-4-6-12/h7-8,11-12,17H,2-6,9-10H2,1H3. The largest absolute Gasteiger partial charge is 0.496 e. The first-order valence-electron chi connectivity index (χ1n) is 7.36. The van der Waals surface area contributed by atoms with Gasteiger partial charge in [-0.05, 0) is 46.5 Å². The van der Waals surface area contributed by atoms with Crippen molar-refractivity contribution in [3.05, 3.63) is 22.7 Å². The number of benzene rings is 1. The molecule has 0 saturated heterocycles. The summed E-state index contributed by atoms with van der Waals surface area (Å²) in [5.74, 6) is 1.29. The van der Waals surface area contributed by atoms with Crippen LogP contribution in [0.2, 0.25) is 0 Å². The van der Waals surface area contributed by atoms with Crippen molar-refractivity contribution in [1.82, 2.24) is 4.72 Å². The van der Waals surface area contributed by atoms with Crippen LogP contribution in [-0.4, -0.2) is 22.1 Å². The van der Waals surface area contributed by atoms with E-state index >= 15 is 0 Å². The van der Waals surface area contributed by atoms with Gasteiger partial charge in [-0.15, -0.1) is 0 Å². The molecule has 1 aliphatic carbocycles. The lowest BCUT2D eigenvalue weighted by molar-refractivity contribution is 0.339. The highest BCUT2D eigenvalue weighted by Gasteiger charge is 2.17. The van der Waals surface area contributed by atoms with Crippen molar-refractivity contribution < 1.29 is 13.2 Å². The SMILES string of the molecule is COc1ccc(S(=O)(=O)NCCC2CCCCC2)cc1Br. The molecule has 4 nitrogen and oxygen atoms in total. The van der Waals surface area contributed by atoms with E-state index in [9.17, 15) is 8.42 Å². The van der Waals surface area contributed by atoms with Crippen LogP contribution in [0.4, 0.5) is 0 Å². The summed E-state index contributed by atoms with van der Waals surface area (Å²) in [6.07, 6.45) is 7.27. The number of methoxy groups -OCH3 is 1. The third-order valence-corrected chi connectivity index (χ3v) is 6.08. The Bertz CT molecular complexity index is 568. The summed E-state index contributed by atoms with van der Waals surface area (Å²) in [7, 11) is -1.89. The Labute approximate surface area is 135 Å². The summed E-state index contributed by atoms with van der Waals surface area (Å²) in [6.45, 7) is 0.511. The van der Waals surface area contributed by atoms with Crippen LogP contribution in [0, 0.1) is 5.92 Å². The summed E-state index contributed by atoms with van der Waals surface area (Å²) in [5.41, 5.74) is 0. The number of hydrogen-bond donors (Lipinski definition) is 1. The van der Waals surface area contributed by atoms with E-state index in [0.29, 0.717) is 22.7 Å². The van der Waals surface area contributed by atoms with E-state index in [2.05, 4.69) is 20.7 Å². The van der Waals surface area contributed by atoms with Crippen molar-refractivity contribution in [1.29, 1.82) is 0 Å². The van der Waals surface area contributed by atoms with Crippen molar-refractivity contribution in [2.45, 2.75) is 43.4 Å². The van der Waals surface area contributed by atoms with Crippen LogP contribution in [0.15, 0.2) is 27.6 Å². The third kappa shape index (κ3) is 4.69. The van der Waals surface area contributed by atoms with Gasteiger partial charge in [0.2, 0.25) is 10.0 Å². The summed E-state index contributed by atoms with van der Waals surface area (Å²) in [6, 6.07) is 4.79. The van der Waals surface area contributed by atoms with Gasteiger partial charge in [0.1, 0.15) is 5.75 Å². The van der Waals surface area contributed by atoms with Gasteiger partial charge in [-0.25, -0.2) is 13.1 Å². The summed E-state index contributed by atoms with van der Waals surface area (Å²) in [4.78, 5) is 0.263. The van der Waals surface area contributed by atoms with Gasteiger partial charge in [-0.3, -0.25) is 0 Å². The first-order chi connectivity index (χ1) is 10.0. The molecule has 6 heteroatoms. The summed E-state index contributed by atoms with van der Waals surface area (Å²) >= 11 is 3.31. The molecule has 0 aliphatic heterocycles. The second kappa shape index (κ2) is 7.61. The topological polar surface area (TPSA) is 55.4 Å². The second-order valence-electron chi connectivity index (χ2n) is 5.49. The zero-order valence-corrected chi connectivity index (χ0v) is 14.7. The van der Waals surface area contributed by atoms with Crippen molar-refractivity contribution >= 4 is 26.0 Å². The Balaban J connectivity index is 1.93. The Hall–Kier alpha value is -0.590. The number of sulfonamides is 1. The first kappa shape index (κ1) is 16.8. The highest BCUT2D eigenvalue weighted by atomic mass is 79.9. The van der Waals surface area contributed by atoms with Crippen LogP contribution in [0.3, 0.4) is 0 Å². The fraction of sp³-hybridized carbons (Fsp3) is 0.600. The van der Waals surface area contributed by atoms with Crippen LogP contribution >= 0.6 is 15.9 Å². The molecule has 1 aromatic rings. The molecule has 0 amide bonds. The minimum atomic E-state index is -3.44. The lowest BCUT2D eigenvalue weighted by atomic mass is 9.87. The fourth-order valence-electron chi connectivity index (χ4n) is 2.77. The van der Waals surface area contributed by atoms with Crippen molar-refractivity contribution in [3.63, 3.8) is 0 Å². The molecule has 118 valence electrons. The second-order valence-corrected chi connectivity index (χ2v) is 8.11. The minimum Gasteiger partial charge on any atom is -0.496 e. The highest BCUT2D eigenvalue weighted by molar-refractivity contribution is 9.10. The van der Waals surface area contributed by atoms with E-state index < -0.39 is 10.0 Å². The molecule has 21 heavy (non-hydrogen) atoms. The maximum Gasteiger partial charge on any atom is 0.240 e. The normalized spacial score (nSPS) is 16.9. The third-order valence-electron chi connectivity index (χ3n) is 4.00. The molecule has 1 aliphatic rings. The number of rotatable bonds is 6. The predicted octanol–water partition coefficient (Wildman–Crippen LogP) is 3.71. The van der Waals surface area contributed by atoms with Gasteiger partial charge in [0, 0.05) is 6.54 Å². The van der Waals surface area contributed by atoms with Crippen LogP contribution < -0.4 is 9.46 Å². The Morgan fingerprint density at radius 2 is 2.00 bits per heavy atom. The number of nitrogens with one attached hydrogen (secondary N) is 1. The van der Waals surface area contributed by atoms with Crippen LogP contribution in [0.25, 0.3) is 0 Å². The summed E-state index contributed by atoms with van der Waals surface area (Å²) < 4.78 is 33.0. The van der Waals surface area contributed by atoms with Gasteiger partial charge in [-0.1, -0.05) is 32.1 Å². The maximum atomic E-state index is 12.3. The highest BCUT2D eigenvalue weighted by Crippen LogP contribution is 2.28. The molecule has 0 radical (unpaired) electrons. The van der Waals surface area contributed by atoms with E-state index in [1.165, 1.54) is 32.1 Å². The predicted molar refractivity (Wildman–Crippen MR) is 87.1 cm³/mol. The average molecular weight is 376 g/mol. The monoisotopic (exact) mass is 375 g/mol. The Morgan fingerprint density at radius 1 is 1.29 bits per heavy atom. The maximum absolute atomic E-state index is 12.3. The molecule has 0 atom stereocenters. The quantitative estimate of drug-likeness (QED) is 0.824. The number of halogens is 1.